The predicted molar refractivity (Wildman–Crippen MR) is 72.0 cm³/mol. The van der Waals surface area contributed by atoms with E-state index >= 15 is 0 Å². The Kier molecular flexibility index (Phi) is 3.33. The highest BCUT2D eigenvalue weighted by atomic mass is 16.3. The van der Waals surface area contributed by atoms with Crippen LogP contribution in [0.3, 0.4) is 0 Å². The van der Waals surface area contributed by atoms with E-state index in [1.807, 2.05) is 18.2 Å². The van der Waals surface area contributed by atoms with Gasteiger partial charge in [-0.25, -0.2) is 0 Å². The summed E-state index contributed by atoms with van der Waals surface area (Å²) in [5.41, 5.74) is 10.2. The molecule has 0 aliphatic heterocycles. The van der Waals surface area contributed by atoms with Gasteiger partial charge < -0.3 is 10.8 Å². The average Bonchev–Trinajstić information content (AvgIpc) is 2.33. The molecule has 0 aromatic heterocycles. The van der Waals surface area contributed by atoms with Crippen molar-refractivity contribution in [2.24, 2.45) is 0 Å². The van der Waals surface area contributed by atoms with E-state index in [4.69, 9.17) is 5.73 Å². The van der Waals surface area contributed by atoms with Crippen LogP contribution in [0.5, 0.6) is 5.75 Å². The van der Waals surface area contributed by atoms with Gasteiger partial charge in [-0.15, -0.1) is 0 Å². The van der Waals surface area contributed by atoms with Crippen LogP contribution < -0.4 is 5.73 Å². The maximum Gasteiger partial charge on any atom is 0.115 e. The van der Waals surface area contributed by atoms with E-state index in [0.717, 1.165) is 29.7 Å². The van der Waals surface area contributed by atoms with E-state index < -0.39 is 0 Å². The number of aromatic hydroxyl groups is 1. The first-order chi connectivity index (χ1) is 8.20. The molecule has 2 aromatic rings. The number of rotatable bonds is 3. The first kappa shape index (κ1) is 11.5. The van der Waals surface area contributed by atoms with Crippen molar-refractivity contribution < 1.29 is 5.11 Å². The third-order valence-electron chi connectivity index (χ3n) is 2.87. The van der Waals surface area contributed by atoms with Crippen LogP contribution in [0.1, 0.15) is 18.9 Å². The molecule has 2 aromatic carbocycles. The van der Waals surface area contributed by atoms with Crippen molar-refractivity contribution in [3.8, 4) is 16.9 Å². The van der Waals surface area contributed by atoms with Crippen molar-refractivity contribution in [2.45, 2.75) is 19.8 Å². The van der Waals surface area contributed by atoms with Gasteiger partial charge in [0.15, 0.2) is 0 Å². The molecule has 0 heterocycles. The number of hydrogen-bond donors (Lipinski definition) is 2. The first-order valence-electron chi connectivity index (χ1n) is 5.88. The van der Waals surface area contributed by atoms with Gasteiger partial charge in [-0.1, -0.05) is 37.6 Å². The minimum atomic E-state index is 0.282. The Hall–Kier alpha value is -1.96. The van der Waals surface area contributed by atoms with Crippen LogP contribution in [-0.2, 0) is 6.42 Å². The zero-order valence-corrected chi connectivity index (χ0v) is 9.98. The van der Waals surface area contributed by atoms with Crippen LogP contribution in [0.15, 0.2) is 42.5 Å². The number of nitrogen functional groups attached to an aromatic ring is 1. The summed E-state index contributed by atoms with van der Waals surface area (Å²) in [5.74, 6) is 0.282. The average molecular weight is 227 g/mol. The molecule has 88 valence electrons. The maximum absolute atomic E-state index is 9.25. The fourth-order valence-corrected chi connectivity index (χ4v) is 1.93. The second-order valence-electron chi connectivity index (χ2n) is 4.21. The van der Waals surface area contributed by atoms with Gasteiger partial charge in [-0.2, -0.15) is 0 Å². The van der Waals surface area contributed by atoms with Crippen LogP contribution >= 0.6 is 0 Å². The summed E-state index contributed by atoms with van der Waals surface area (Å²) < 4.78 is 0. The Balaban J connectivity index is 2.34. The molecule has 0 saturated carbocycles. The van der Waals surface area contributed by atoms with E-state index in [-0.39, 0.29) is 5.75 Å². The van der Waals surface area contributed by atoms with Gasteiger partial charge in [0.05, 0.1) is 0 Å². The minimum Gasteiger partial charge on any atom is -0.508 e. The van der Waals surface area contributed by atoms with Crippen molar-refractivity contribution in [1.29, 1.82) is 0 Å². The molecular weight excluding hydrogens is 210 g/mol. The van der Waals surface area contributed by atoms with Crippen molar-refractivity contribution in [2.75, 3.05) is 5.73 Å². The fourth-order valence-electron chi connectivity index (χ4n) is 1.93. The Labute approximate surface area is 102 Å². The summed E-state index contributed by atoms with van der Waals surface area (Å²) in [6.07, 6.45) is 2.12. The molecule has 3 N–H and O–H groups in total. The molecule has 2 rings (SSSR count). The van der Waals surface area contributed by atoms with Crippen LogP contribution in [0.2, 0.25) is 0 Å². The summed E-state index contributed by atoms with van der Waals surface area (Å²) in [6.45, 7) is 2.15. The fraction of sp³-hybridized carbons (Fsp3) is 0.200. The normalized spacial score (nSPS) is 10.4. The minimum absolute atomic E-state index is 0.282. The van der Waals surface area contributed by atoms with E-state index in [0.29, 0.717) is 0 Å². The van der Waals surface area contributed by atoms with Crippen LogP contribution in [-0.4, -0.2) is 5.11 Å². The van der Waals surface area contributed by atoms with Gasteiger partial charge in [0.1, 0.15) is 5.75 Å². The second kappa shape index (κ2) is 4.91. The summed E-state index contributed by atoms with van der Waals surface area (Å²) in [7, 11) is 0. The second-order valence-corrected chi connectivity index (χ2v) is 4.21. The molecule has 0 unspecified atom stereocenters. The lowest BCUT2D eigenvalue weighted by atomic mass is 10.0. The van der Waals surface area contributed by atoms with Crippen molar-refractivity contribution in [1.82, 2.24) is 0 Å². The van der Waals surface area contributed by atoms with Crippen molar-refractivity contribution in [3.63, 3.8) is 0 Å². The highest BCUT2D eigenvalue weighted by Crippen LogP contribution is 2.26. The lowest BCUT2D eigenvalue weighted by molar-refractivity contribution is 0.475. The number of benzene rings is 2. The van der Waals surface area contributed by atoms with Gasteiger partial charge in [0.25, 0.3) is 0 Å². The number of nitrogens with two attached hydrogens (primary N) is 1. The van der Waals surface area contributed by atoms with E-state index in [2.05, 4.69) is 19.1 Å². The summed E-state index contributed by atoms with van der Waals surface area (Å²) in [4.78, 5) is 0. The Morgan fingerprint density at radius 2 is 1.65 bits per heavy atom. The third kappa shape index (κ3) is 2.59. The molecule has 0 fully saturated rings. The number of hydrogen-bond acceptors (Lipinski definition) is 2. The zero-order chi connectivity index (χ0) is 12.3. The highest BCUT2D eigenvalue weighted by molar-refractivity contribution is 5.69. The molecule has 17 heavy (non-hydrogen) atoms. The molecular formula is C15H17NO. The molecule has 2 nitrogen and oxygen atoms in total. The predicted octanol–water partition coefficient (Wildman–Crippen LogP) is 3.59. The molecule has 0 amide bonds. The van der Waals surface area contributed by atoms with Crippen LogP contribution in [0.25, 0.3) is 11.1 Å². The van der Waals surface area contributed by atoms with Gasteiger partial charge in [0.2, 0.25) is 0 Å². The van der Waals surface area contributed by atoms with E-state index in [1.165, 1.54) is 5.56 Å². The molecule has 0 aliphatic carbocycles. The molecule has 0 spiro atoms. The molecule has 0 atom stereocenters. The third-order valence-corrected chi connectivity index (χ3v) is 2.87. The lowest BCUT2D eigenvalue weighted by Crippen LogP contribution is -1.94. The molecule has 0 saturated heterocycles. The molecule has 2 heteroatoms. The van der Waals surface area contributed by atoms with Crippen molar-refractivity contribution in [3.05, 3.63) is 48.0 Å². The Bertz CT molecular complexity index is 503. The largest absolute Gasteiger partial charge is 0.508 e. The highest BCUT2D eigenvalue weighted by Gasteiger charge is 2.02. The first-order valence-corrected chi connectivity index (χ1v) is 5.88. The van der Waals surface area contributed by atoms with Crippen molar-refractivity contribution >= 4 is 5.69 Å². The van der Waals surface area contributed by atoms with Gasteiger partial charge >= 0.3 is 0 Å². The summed E-state index contributed by atoms with van der Waals surface area (Å²) in [6, 6.07) is 13.3. The zero-order valence-electron chi connectivity index (χ0n) is 9.98. The Morgan fingerprint density at radius 3 is 2.24 bits per heavy atom. The van der Waals surface area contributed by atoms with E-state index in [9.17, 15) is 5.11 Å². The van der Waals surface area contributed by atoms with Gasteiger partial charge in [-0.3, -0.25) is 0 Å². The van der Waals surface area contributed by atoms with Crippen LogP contribution in [0.4, 0.5) is 5.69 Å². The number of phenolic OH excluding ortho intramolecular Hbond substituents is 1. The smallest absolute Gasteiger partial charge is 0.115 e. The quantitative estimate of drug-likeness (QED) is 0.787. The lowest BCUT2D eigenvalue weighted by Gasteiger charge is -2.08. The standard InChI is InChI=1S/C15H17NO/c1-2-3-12-4-5-13(10-15(12)16)11-6-8-14(17)9-7-11/h4-10,17H,2-3,16H2,1H3. The Morgan fingerprint density at radius 1 is 1.00 bits per heavy atom. The van der Waals surface area contributed by atoms with E-state index in [1.54, 1.807) is 12.1 Å². The monoisotopic (exact) mass is 227 g/mol. The van der Waals surface area contributed by atoms with Gasteiger partial charge in [-0.05, 0) is 41.3 Å². The number of phenols is 1. The topological polar surface area (TPSA) is 46.2 Å². The number of aryl methyl sites for hydroxylation is 1. The SMILES string of the molecule is CCCc1ccc(-c2ccc(O)cc2)cc1N. The van der Waals surface area contributed by atoms with Gasteiger partial charge in [0, 0.05) is 5.69 Å². The summed E-state index contributed by atoms with van der Waals surface area (Å²) >= 11 is 0. The maximum atomic E-state index is 9.25. The summed E-state index contributed by atoms with van der Waals surface area (Å²) in [5, 5.41) is 9.25. The van der Waals surface area contributed by atoms with Crippen LogP contribution in [0, 0.1) is 0 Å². The molecule has 0 aliphatic rings. The number of anilines is 1. The molecule has 0 bridgehead atoms. The molecule has 0 radical (unpaired) electrons.